The fourth-order valence-electron chi connectivity index (χ4n) is 3.79. The fourth-order valence-corrected chi connectivity index (χ4v) is 5.51. The first-order valence-electron chi connectivity index (χ1n) is 9.83. The third-order valence-corrected chi connectivity index (χ3v) is 7.24. The lowest BCUT2D eigenvalue weighted by molar-refractivity contribution is -0.125. The molecule has 1 aromatic carbocycles. The number of nitrogens with zero attached hydrogens (tertiary/aromatic N) is 2. The summed E-state index contributed by atoms with van der Waals surface area (Å²) in [7, 11) is -4.10. The van der Waals surface area contributed by atoms with Crippen LogP contribution in [0.4, 0.5) is 9.18 Å². The lowest BCUT2D eigenvalue weighted by Crippen LogP contribution is -2.52. The largest absolute Gasteiger partial charge is 0.450 e. The molecule has 3 rings (SSSR count). The van der Waals surface area contributed by atoms with Crippen LogP contribution in [-0.2, 0) is 19.6 Å². The topological polar surface area (TPSA) is 96.0 Å². The smallest absolute Gasteiger partial charge is 0.409 e. The van der Waals surface area contributed by atoms with E-state index in [1.807, 2.05) is 0 Å². The van der Waals surface area contributed by atoms with Crippen LogP contribution in [-0.4, -0.2) is 67.9 Å². The molecule has 0 radical (unpaired) electrons. The van der Waals surface area contributed by atoms with Crippen LogP contribution < -0.4 is 5.32 Å². The number of likely N-dealkylation sites (tertiary alicyclic amines) is 1. The Morgan fingerprint density at radius 2 is 1.86 bits per heavy atom. The molecular formula is C19H26FN3O5S. The summed E-state index contributed by atoms with van der Waals surface area (Å²) in [5.41, 5.74) is 0. The van der Waals surface area contributed by atoms with Gasteiger partial charge in [0.2, 0.25) is 15.9 Å². The number of nitrogens with one attached hydrogen (secondary N) is 1. The van der Waals surface area contributed by atoms with Gasteiger partial charge in [0.25, 0.3) is 0 Å². The highest BCUT2D eigenvalue weighted by Gasteiger charge is 2.41. The van der Waals surface area contributed by atoms with Crippen molar-refractivity contribution in [1.82, 2.24) is 14.5 Å². The summed E-state index contributed by atoms with van der Waals surface area (Å²) in [5.74, 6) is -1.21. The standard InChI is InChI=1S/C19H26FN3O5S/c1-2-28-19(25)22-12-9-14(10-13-22)21-18(24)16-7-5-11-23(16)29(26,27)17-8-4-3-6-15(17)20/h3-4,6,8,14,16H,2,5,7,9-13H2,1H3,(H,21,24). The predicted octanol–water partition coefficient (Wildman–Crippen LogP) is 1.72. The normalized spacial score (nSPS) is 21.2. The lowest BCUT2D eigenvalue weighted by Gasteiger charge is -2.33. The minimum absolute atomic E-state index is 0.146. The van der Waals surface area contributed by atoms with Crippen molar-refractivity contribution >= 4 is 22.0 Å². The van der Waals surface area contributed by atoms with Gasteiger partial charge in [0.15, 0.2) is 0 Å². The van der Waals surface area contributed by atoms with Crippen LogP contribution in [0.15, 0.2) is 29.2 Å². The van der Waals surface area contributed by atoms with E-state index in [9.17, 15) is 22.4 Å². The van der Waals surface area contributed by atoms with E-state index in [4.69, 9.17) is 4.74 Å². The number of carbonyl (C=O) groups is 2. The molecule has 0 aromatic heterocycles. The number of sulfonamides is 1. The zero-order valence-corrected chi connectivity index (χ0v) is 17.2. The van der Waals surface area contributed by atoms with Gasteiger partial charge in [-0.1, -0.05) is 12.1 Å². The number of benzene rings is 1. The maximum Gasteiger partial charge on any atom is 0.409 e. The number of rotatable bonds is 5. The van der Waals surface area contributed by atoms with Crippen molar-refractivity contribution < 1.29 is 27.1 Å². The first-order chi connectivity index (χ1) is 13.8. The lowest BCUT2D eigenvalue weighted by atomic mass is 10.0. The van der Waals surface area contributed by atoms with Crippen LogP contribution in [0, 0.1) is 5.82 Å². The Morgan fingerprint density at radius 3 is 2.52 bits per heavy atom. The Labute approximate surface area is 170 Å². The van der Waals surface area contributed by atoms with Crippen LogP contribution >= 0.6 is 0 Å². The van der Waals surface area contributed by atoms with Crippen LogP contribution in [0.2, 0.25) is 0 Å². The minimum Gasteiger partial charge on any atom is -0.450 e. The number of hydrogen-bond donors (Lipinski definition) is 1. The summed E-state index contributed by atoms with van der Waals surface area (Å²) in [4.78, 5) is 25.7. The molecule has 0 spiro atoms. The first kappa shape index (κ1) is 21.5. The second kappa shape index (κ2) is 9.08. The van der Waals surface area contributed by atoms with Gasteiger partial charge < -0.3 is 15.0 Å². The molecule has 2 aliphatic rings. The molecule has 2 heterocycles. The van der Waals surface area contributed by atoms with Crippen LogP contribution in [0.5, 0.6) is 0 Å². The summed E-state index contributed by atoms with van der Waals surface area (Å²) in [6.07, 6.45) is 1.69. The first-order valence-corrected chi connectivity index (χ1v) is 11.3. The fraction of sp³-hybridized carbons (Fsp3) is 0.579. The van der Waals surface area contributed by atoms with E-state index in [1.54, 1.807) is 11.8 Å². The van der Waals surface area contributed by atoms with E-state index in [-0.39, 0.29) is 24.6 Å². The van der Waals surface area contributed by atoms with E-state index in [1.165, 1.54) is 18.2 Å². The molecule has 0 bridgehead atoms. The molecule has 2 amide bonds. The second-order valence-corrected chi connectivity index (χ2v) is 9.03. The van der Waals surface area contributed by atoms with Crippen molar-refractivity contribution in [2.24, 2.45) is 0 Å². The third-order valence-electron chi connectivity index (χ3n) is 5.30. The highest BCUT2D eigenvalue weighted by atomic mass is 32.2. The second-order valence-electron chi connectivity index (χ2n) is 7.17. The van der Waals surface area contributed by atoms with Crippen molar-refractivity contribution in [2.45, 2.75) is 49.6 Å². The number of ether oxygens (including phenoxy) is 1. The molecule has 1 N–H and O–H groups in total. The summed E-state index contributed by atoms with van der Waals surface area (Å²) >= 11 is 0. The zero-order chi connectivity index (χ0) is 21.0. The summed E-state index contributed by atoms with van der Waals surface area (Å²) in [5, 5.41) is 2.90. The summed E-state index contributed by atoms with van der Waals surface area (Å²) in [6.45, 7) is 3.16. The number of carbonyl (C=O) groups excluding carboxylic acids is 2. The van der Waals surface area contributed by atoms with E-state index in [0.717, 1.165) is 10.4 Å². The molecule has 8 nitrogen and oxygen atoms in total. The van der Waals surface area contributed by atoms with Gasteiger partial charge in [-0.2, -0.15) is 4.31 Å². The maximum atomic E-state index is 14.0. The number of piperidine rings is 1. The molecule has 2 saturated heterocycles. The minimum atomic E-state index is -4.10. The molecular weight excluding hydrogens is 401 g/mol. The highest BCUT2D eigenvalue weighted by molar-refractivity contribution is 7.89. The van der Waals surface area contributed by atoms with E-state index < -0.39 is 26.8 Å². The number of hydrogen-bond acceptors (Lipinski definition) is 5. The van der Waals surface area contributed by atoms with Crippen molar-refractivity contribution in [2.75, 3.05) is 26.2 Å². The van der Waals surface area contributed by atoms with Gasteiger partial charge >= 0.3 is 6.09 Å². The van der Waals surface area contributed by atoms with Crippen LogP contribution in [0.3, 0.4) is 0 Å². The average molecular weight is 427 g/mol. The van der Waals surface area contributed by atoms with Gasteiger partial charge in [0.1, 0.15) is 16.8 Å². The summed E-state index contributed by atoms with van der Waals surface area (Å²) < 4.78 is 45.9. The van der Waals surface area contributed by atoms with Gasteiger partial charge in [0.05, 0.1) is 6.61 Å². The van der Waals surface area contributed by atoms with E-state index in [0.29, 0.717) is 45.4 Å². The van der Waals surface area contributed by atoms with Crippen LogP contribution in [0.25, 0.3) is 0 Å². The molecule has 0 aliphatic carbocycles. The highest BCUT2D eigenvalue weighted by Crippen LogP contribution is 2.28. The van der Waals surface area contributed by atoms with Crippen molar-refractivity contribution in [1.29, 1.82) is 0 Å². The van der Waals surface area contributed by atoms with Gasteiger partial charge in [-0.15, -0.1) is 0 Å². The number of halogens is 1. The predicted molar refractivity (Wildman–Crippen MR) is 103 cm³/mol. The molecule has 160 valence electrons. The van der Waals surface area contributed by atoms with Gasteiger partial charge in [-0.05, 0) is 44.7 Å². The SMILES string of the molecule is CCOC(=O)N1CCC(NC(=O)C2CCCN2S(=O)(=O)c2ccccc2F)CC1. The maximum absolute atomic E-state index is 14.0. The van der Waals surface area contributed by atoms with Crippen LogP contribution in [0.1, 0.15) is 32.6 Å². The monoisotopic (exact) mass is 427 g/mol. The molecule has 1 atom stereocenters. The Bertz CT molecular complexity index is 855. The van der Waals surface area contributed by atoms with E-state index >= 15 is 0 Å². The van der Waals surface area contributed by atoms with Gasteiger partial charge in [-0.25, -0.2) is 17.6 Å². The molecule has 1 aromatic rings. The molecule has 0 saturated carbocycles. The molecule has 2 aliphatic heterocycles. The Hall–Kier alpha value is -2.20. The van der Waals surface area contributed by atoms with Crippen molar-refractivity contribution in [3.05, 3.63) is 30.1 Å². The molecule has 10 heteroatoms. The molecule has 29 heavy (non-hydrogen) atoms. The Balaban J connectivity index is 1.63. The van der Waals surface area contributed by atoms with Crippen molar-refractivity contribution in [3.8, 4) is 0 Å². The Morgan fingerprint density at radius 1 is 1.17 bits per heavy atom. The van der Waals surface area contributed by atoms with Crippen molar-refractivity contribution in [3.63, 3.8) is 0 Å². The van der Waals surface area contributed by atoms with Gasteiger partial charge in [0, 0.05) is 25.7 Å². The Kier molecular flexibility index (Phi) is 6.74. The molecule has 1 unspecified atom stereocenters. The average Bonchev–Trinajstić information content (AvgIpc) is 3.20. The summed E-state index contributed by atoms with van der Waals surface area (Å²) in [6, 6.07) is 4.18. The zero-order valence-electron chi connectivity index (χ0n) is 16.3. The number of amides is 2. The quantitative estimate of drug-likeness (QED) is 0.772. The third kappa shape index (κ3) is 4.69. The molecule has 2 fully saturated rings. The van der Waals surface area contributed by atoms with E-state index in [2.05, 4.69) is 5.32 Å². The van der Waals surface area contributed by atoms with Gasteiger partial charge in [-0.3, -0.25) is 4.79 Å².